The number of nitrogens with one attached hydrogen (secondary N) is 1. The fourth-order valence-corrected chi connectivity index (χ4v) is 5.82. The summed E-state index contributed by atoms with van der Waals surface area (Å²) in [6, 6.07) is 17.3. The minimum Gasteiger partial charge on any atom is -0.484 e. The summed E-state index contributed by atoms with van der Waals surface area (Å²) in [6.45, 7) is 1.94. The molecule has 0 bridgehead atoms. The smallest absolute Gasteiger partial charge is 0.329 e. The van der Waals surface area contributed by atoms with Crippen LogP contribution in [0, 0.1) is 11.6 Å². The number of hydrogen-bond acceptors (Lipinski definition) is 7. The highest BCUT2D eigenvalue weighted by atomic mass is 32.2. The zero-order valence-electron chi connectivity index (χ0n) is 24.8. The zero-order valence-corrected chi connectivity index (χ0v) is 25.6. The van der Waals surface area contributed by atoms with E-state index in [4.69, 9.17) is 4.74 Å². The van der Waals surface area contributed by atoms with Crippen molar-refractivity contribution in [1.29, 1.82) is 0 Å². The number of carbonyl (C=O) groups is 4. The van der Waals surface area contributed by atoms with Crippen LogP contribution in [0.15, 0.2) is 72.8 Å². The molecule has 45 heavy (non-hydrogen) atoms. The Labute approximate surface area is 263 Å². The van der Waals surface area contributed by atoms with E-state index in [0.717, 1.165) is 10.5 Å². The van der Waals surface area contributed by atoms with Crippen LogP contribution >= 0.6 is 11.8 Å². The molecule has 1 unspecified atom stereocenters. The predicted octanol–water partition coefficient (Wildman–Crippen LogP) is 3.70. The number of hydrogen-bond donors (Lipinski definition) is 3. The Hall–Kier alpha value is -4.49. The van der Waals surface area contributed by atoms with Gasteiger partial charge in [-0.25, -0.2) is 13.6 Å². The predicted molar refractivity (Wildman–Crippen MR) is 164 cm³/mol. The van der Waals surface area contributed by atoms with Crippen LogP contribution in [-0.2, 0) is 19.2 Å². The number of aliphatic hydroxyl groups is 1. The number of thioether (sulfide) groups is 1. The van der Waals surface area contributed by atoms with E-state index in [0.29, 0.717) is 17.0 Å². The molecule has 238 valence electrons. The van der Waals surface area contributed by atoms with E-state index in [1.807, 2.05) is 0 Å². The first-order valence-corrected chi connectivity index (χ1v) is 15.0. The van der Waals surface area contributed by atoms with Crippen LogP contribution in [0.4, 0.5) is 14.5 Å². The van der Waals surface area contributed by atoms with Crippen LogP contribution in [-0.4, -0.2) is 75.5 Å². The number of aliphatic hydroxyl groups excluding tert-OH is 1. The molecule has 13 heteroatoms. The van der Waals surface area contributed by atoms with Gasteiger partial charge < -0.3 is 30.1 Å². The van der Waals surface area contributed by atoms with Gasteiger partial charge in [0, 0.05) is 18.5 Å². The van der Waals surface area contributed by atoms with Gasteiger partial charge >= 0.3 is 5.97 Å². The molecule has 1 aliphatic rings. The van der Waals surface area contributed by atoms with Crippen LogP contribution in [0.2, 0.25) is 0 Å². The molecular weight excluding hydrogens is 608 g/mol. The quantitative estimate of drug-likeness (QED) is 0.241. The molecule has 4 rings (SSSR count). The van der Waals surface area contributed by atoms with Crippen molar-refractivity contribution in [3.8, 4) is 5.75 Å². The number of halogens is 2. The van der Waals surface area contributed by atoms with Crippen LogP contribution in [0.25, 0.3) is 0 Å². The Morgan fingerprint density at radius 1 is 1.00 bits per heavy atom. The van der Waals surface area contributed by atoms with Crippen molar-refractivity contribution in [1.82, 2.24) is 10.2 Å². The zero-order chi connectivity index (χ0) is 32.9. The van der Waals surface area contributed by atoms with E-state index in [1.54, 1.807) is 29.2 Å². The SMILES string of the molecule is CN(C(=O)CNC(=O)COc1ccc([C@@H]2[C@@H](SCC(O)c3ccc(F)cc3)C(=O)N2c2ccc(F)cc2)cc1)C(C)(C)C(=O)O. The number of aliphatic carboxylic acids is 1. The Morgan fingerprint density at radius 3 is 2.16 bits per heavy atom. The van der Waals surface area contributed by atoms with E-state index in [1.165, 1.54) is 81.2 Å². The maximum Gasteiger partial charge on any atom is 0.329 e. The topological polar surface area (TPSA) is 136 Å². The maximum atomic E-state index is 13.6. The monoisotopic (exact) mass is 641 g/mol. The van der Waals surface area contributed by atoms with Gasteiger partial charge in [-0.2, -0.15) is 0 Å². The number of carboxylic acid groups (broad SMARTS) is 1. The third-order valence-electron chi connectivity index (χ3n) is 7.60. The van der Waals surface area contributed by atoms with E-state index in [9.17, 15) is 38.2 Å². The third-order valence-corrected chi connectivity index (χ3v) is 8.93. The lowest BCUT2D eigenvalue weighted by molar-refractivity contribution is -0.155. The summed E-state index contributed by atoms with van der Waals surface area (Å²) in [5.41, 5.74) is 0.316. The van der Waals surface area contributed by atoms with Gasteiger partial charge in [-0.05, 0) is 73.5 Å². The van der Waals surface area contributed by atoms with Crippen LogP contribution in [0.3, 0.4) is 0 Å². The van der Waals surface area contributed by atoms with E-state index in [2.05, 4.69) is 5.32 Å². The van der Waals surface area contributed by atoms with Gasteiger partial charge in [-0.1, -0.05) is 24.3 Å². The van der Waals surface area contributed by atoms with Gasteiger partial charge in [0.05, 0.1) is 18.7 Å². The molecule has 1 saturated heterocycles. The fourth-order valence-electron chi connectivity index (χ4n) is 4.52. The molecule has 0 aliphatic carbocycles. The molecule has 1 aliphatic heterocycles. The number of rotatable bonds is 13. The van der Waals surface area contributed by atoms with Gasteiger partial charge in [0.25, 0.3) is 5.91 Å². The summed E-state index contributed by atoms with van der Waals surface area (Å²) < 4.78 is 32.4. The van der Waals surface area contributed by atoms with Crippen LogP contribution in [0.5, 0.6) is 5.75 Å². The summed E-state index contributed by atoms with van der Waals surface area (Å²) in [4.78, 5) is 51.8. The summed E-state index contributed by atoms with van der Waals surface area (Å²) >= 11 is 1.26. The minimum atomic E-state index is -1.45. The second-order valence-corrected chi connectivity index (χ2v) is 12.1. The van der Waals surface area contributed by atoms with E-state index >= 15 is 0 Å². The number of β-lactam (4-membered cyclic amide) rings is 1. The Bertz CT molecular complexity index is 1540. The Morgan fingerprint density at radius 2 is 1.58 bits per heavy atom. The van der Waals surface area contributed by atoms with Crippen molar-refractivity contribution in [2.24, 2.45) is 0 Å². The Balaban J connectivity index is 1.39. The number of likely N-dealkylation sites (N-methyl/N-ethyl adjacent to an activating group) is 1. The highest BCUT2D eigenvalue weighted by Gasteiger charge is 2.49. The number of anilines is 1. The average Bonchev–Trinajstić information content (AvgIpc) is 3.02. The second kappa shape index (κ2) is 14.1. The third kappa shape index (κ3) is 7.78. The van der Waals surface area contributed by atoms with Gasteiger partial charge in [0.1, 0.15) is 28.2 Å². The molecule has 0 spiro atoms. The fraction of sp³-hybridized carbons (Fsp3) is 0.312. The number of nitrogens with zero attached hydrogens (tertiary/aromatic N) is 2. The highest BCUT2D eigenvalue weighted by Crippen LogP contribution is 2.46. The molecule has 3 amide bonds. The number of benzene rings is 3. The van der Waals surface area contributed by atoms with Crippen molar-refractivity contribution >= 4 is 41.1 Å². The summed E-state index contributed by atoms with van der Waals surface area (Å²) in [5.74, 6) is -2.91. The molecule has 1 heterocycles. The van der Waals surface area contributed by atoms with E-state index in [-0.39, 0.29) is 11.7 Å². The lowest BCUT2D eigenvalue weighted by Crippen LogP contribution is -2.57. The molecule has 0 saturated carbocycles. The van der Waals surface area contributed by atoms with Crippen molar-refractivity contribution in [2.75, 3.05) is 30.9 Å². The van der Waals surface area contributed by atoms with Gasteiger partial charge in [-0.15, -0.1) is 11.8 Å². The molecule has 0 radical (unpaired) electrons. The minimum absolute atomic E-state index is 0.179. The number of amides is 3. The first-order chi connectivity index (χ1) is 21.3. The molecule has 1 fully saturated rings. The molecule has 3 N–H and O–H groups in total. The van der Waals surface area contributed by atoms with Crippen molar-refractivity contribution in [3.63, 3.8) is 0 Å². The van der Waals surface area contributed by atoms with E-state index < -0.39 is 65.5 Å². The summed E-state index contributed by atoms with van der Waals surface area (Å²) in [6.07, 6.45) is -0.926. The second-order valence-electron chi connectivity index (χ2n) is 10.9. The highest BCUT2D eigenvalue weighted by molar-refractivity contribution is 8.00. The summed E-state index contributed by atoms with van der Waals surface area (Å²) in [7, 11) is 1.34. The lowest BCUT2D eigenvalue weighted by atomic mass is 9.92. The molecule has 10 nitrogen and oxygen atoms in total. The first kappa shape index (κ1) is 33.4. The molecular formula is C32H33F2N3O7S. The molecule has 3 atom stereocenters. The van der Waals surface area contributed by atoms with Crippen molar-refractivity contribution < 1.29 is 42.9 Å². The van der Waals surface area contributed by atoms with Gasteiger partial charge in [0.15, 0.2) is 6.61 Å². The number of carboxylic acids is 1. The Kier molecular flexibility index (Phi) is 10.5. The van der Waals surface area contributed by atoms with Crippen LogP contribution in [0.1, 0.15) is 37.1 Å². The van der Waals surface area contributed by atoms with Gasteiger partial charge in [0.2, 0.25) is 11.8 Å². The first-order valence-electron chi connectivity index (χ1n) is 13.9. The standard InChI is InChI=1S/C32H33F2N3O7S/c1-32(2,31(42)43)36(3)27(40)16-35-26(39)17-44-24-14-6-20(7-15-24)28-29(30(41)37(28)23-12-10-22(34)11-13-23)45-18-25(38)19-4-8-21(33)9-5-19/h4-15,25,28-29,38H,16-18H2,1-3H3,(H,35,39)(H,42,43)/t25?,28-,29-/m1/s1. The lowest BCUT2D eigenvalue weighted by Gasteiger charge is -2.47. The average molecular weight is 642 g/mol. The summed E-state index contributed by atoms with van der Waals surface area (Å²) in [5, 5.41) is 21.7. The van der Waals surface area contributed by atoms with Crippen molar-refractivity contribution in [3.05, 3.63) is 95.6 Å². The van der Waals surface area contributed by atoms with Crippen LogP contribution < -0.4 is 15.0 Å². The van der Waals surface area contributed by atoms with Gasteiger partial charge in [-0.3, -0.25) is 14.4 Å². The largest absolute Gasteiger partial charge is 0.484 e. The molecule has 3 aromatic carbocycles. The van der Waals surface area contributed by atoms with Crippen molar-refractivity contribution in [2.45, 2.75) is 36.8 Å². The normalized spacial score (nSPS) is 16.8. The number of ether oxygens (including phenoxy) is 1. The maximum absolute atomic E-state index is 13.6. The molecule has 3 aromatic rings. The molecule has 0 aromatic heterocycles. The number of carbonyl (C=O) groups excluding carboxylic acids is 3.